The Balaban J connectivity index is 2.82. The van der Waals surface area contributed by atoms with Crippen LogP contribution in [0.2, 0.25) is 0 Å². The molecule has 9 heteroatoms. The highest BCUT2D eigenvalue weighted by Gasteiger charge is 2.46. The fourth-order valence-corrected chi connectivity index (χ4v) is 15.0. The van der Waals surface area contributed by atoms with E-state index in [0.717, 1.165) is 12.8 Å². The molecular weight excluding hydrogens is 395 g/mol. The summed E-state index contributed by atoms with van der Waals surface area (Å²) in [6.45, 7) is -1.96. The summed E-state index contributed by atoms with van der Waals surface area (Å²) in [6.07, 6.45) is 4.41. The van der Waals surface area contributed by atoms with Crippen LogP contribution >= 0.6 is 60.8 Å². The van der Waals surface area contributed by atoms with Gasteiger partial charge in [0.1, 0.15) is 0 Å². The topological polar surface area (TPSA) is 55.3 Å². The molecule has 0 heterocycles. The molecule has 0 aromatic carbocycles. The van der Waals surface area contributed by atoms with Gasteiger partial charge in [0.15, 0.2) is 0 Å². The third kappa shape index (κ3) is 3.81. The maximum Gasteiger partial charge on any atom is 0.414 e. The molecule has 4 N–H and O–H groups in total. The Morgan fingerprint density at radius 3 is 2.07 bits per heavy atom. The largest absolute Gasteiger partial charge is 0.414 e. The minimum absolute atomic E-state index is 0.260. The molecule has 1 fully saturated rings. The van der Waals surface area contributed by atoms with Crippen molar-refractivity contribution in [3.8, 4) is 0 Å². The molecule has 1 rings (SSSR count). The highest BCUT2D eigenvalue weighted by atomic mass is 127. The van der Waals surface area contributed by atoms with Gasteiger partial charge >= 0.3 is 7.02 Å². The zero-order valence-corrected chi connectivity index (χ0v) is 13.7. The van der Waals surface area contributed by atoms with Crippen LogP contribution in [-0.2, 0) is 0 Å². The first-order valence-corrected chi connectivity index (χ1v) is 13.3. The summed E-state index contributed by atoms with van der Waals surface area (Å²) in [5.41, 5.74) is 0. The first-order chi connectivity index (χ1) is 6.23. The van der Waals surface area contributed by atoms with Crippen LogP contribution in [0.3, 0.4) is 0 Å². The van der Waals surface area contributed by atoms with E-state index in [1.165, 1.54) is 12.8 Å². The van der Waals surface area contributed by atoms with Gasteiger partial charge < -0.3 is 5.40 Å². The Hall–Kier alpha value is 2.05. The number of nitrogens with zero attached hydrogens (tertiary/aromatic N) is 1. The molecule has 0 saturated heterocycles. The SMILES string of the molecule is N[Si](Cl)(Cl)N(C1CCCC1)S(N)(Cl)I. The Bertz CT molecular complexity index is 189. The molecule has 14 heavy (non-hydrogen) atoms. The average molecular weight is 409 g/mol. The highest BCUT2D eigenvalue weighted by Crippen LogP contribution is 2.61. The van der Waals surface area contributed by atoms with E-state index in [1.807, 2.05) is 21.2 Å². The summed E-state index contributed by atoms with van der Waals surface area (Å²) in [6, 6.07) is 0.260. The second kappa shape index (κ2) is 5.13. The van der Waals surface area contributed by atoms with Gasteiger partial charge in [-0.1, -0.05) is 12.8 Å². The Labute approximate surface area is 113 Å². The zero-order valence-electron chi connectivity index (χ0n) is 7.43. The Morgan fingerprint density at radius 1 is 1.36 bits per heavy atom. The van der Waals surface area contributed by atoms with Gasteiger partial charge in [-0.25, -0.2) is 3.97 Å². The van der Waals surface area contributed by atoms with Crippen molar-refractivity contribution in [2.75, 3.05) is 0 Å². The van der Waals surface area contributed by atoms with Gasteiger partial charge in [-0.05, 0) is 23.5 Å². The van der Waals surface area contributed by atoms with Crippen molar-refractivity contribution in [2.45, 2.75) is 31.7 Å². The van der Waals surface area contributed by atoms with E-state index in [2.05, 4.69) is 0 Å². The van der Waals surface area contributed by atoms with E-state index >= 15 is 0 Å². The average Bonchev–Trinajstić information content (AvgIpc) is 2.31. The fraction of sp³-hybridized carbons (Fsp3) is 1.00. The van der Waals surface area contributed by atoms with Crippen LogP contribution < -0.4 is 10.5 Å². The third-order valence-corrected chi connectivity index (χ3v) is 10.6. The molecule has 1 saturated carbocycles. The van der Waals surface area contributed by atoms with E-state index in [-0.39, 0.29) is 6.04 Å². The maximum atomic E-state index is 6.12. The maximum absolute atomic E-state index is 6.12. The molecule has 0 aromatic heterocycles. The molecule has 0 spiro atoms. The standard InChI is InChI=1S/C5H13Cl3IN3SSi/c6-13(9,10)12(14(7,8)11)5-3-1-2-4-5/h5H,1-4,10-11H2. The molecule has 1 unspecified atom stereocenters. The Kier molecular flexibility index (Phi) is 5.17. The van der Waals surface area contributed by atoms with Gasteiger partial charge in [-0.3, -0.25) is 5.14 Å². The van der Waals surface area contributed by atoms with Gasteiger partial charge in [-0.2, -0.15) is 0 Å². The predicted molar refractivity (Wildman–Crippen MR) is 77.4 cm³/mol. The van der Waals surface area contributed by atoms with Crippen molar-refractivity contribution in [2.24, 2.45) is 10.5 Å². The van der Waals surface area contributed by atoms with Crippen molar-refractivity contribution in [3.05, 3.63) is 0 Å². The molecule has 0 aromatic rings. The molecule has 0 bridgehead atoms. The number of hydrogen-bond acceptors (Lipinski definition) is 3. The van der Waals surface area contributed by atoms with Crippen LogP contribution in [0.15, 0.2) is 0 Å². The number of nitrogens with two attached hydrogens (primary N) is 2. The second-order valence-corrected chi connectivity index (χ2v) is 17.7. The number of rotatable bonds is 3. The van der Waals surface area contributed by atoms with Crippen molar-refractivity contribution in [1.82, 2.24) is 3.97 Å². The van der Waals surface area contributed by atoms with Crippen LogP contribution in [0.5, 0.6) is 0 Å². The molecule has 0 amide bonds. The summed E-state index contributed by atoms with van der Waals surface area (Å²) in [7, 11) is 3.19. The summed E-state index contributed by atoms with van der Waals surface area (Å²) < 4.78 is 1.78. The summed E-state index contributed by atoms with van der Waals surface area (Å²) in [5, 5.41) is 11.7. The molecule has 86 valence electrons. The van der Waals surface area contributed by atoms with Crippen LogP contribution in [-0.4, -0.2) is 17.0 Å². The summed E-state index contributed by atoms with van der Waals surface area (Å²) >= 11 is 14.0. The second-order valence-electron chi connectivity index (χ2n) is 3.33. The first-order valence-electron chi connectivity index (χ1n) is 4.19. The Morgan fingerprint density at radius 2 is 1.79 bits per heavy atom. The third-order valence-electron chi connectivity index (χ3n) is 2.21. The minimum Gasteiger partial charge on any atom is -0.314 e. The lowest BCUT2D eigenvalue weighted by Crippen LogP contribution is -2.56. The molecule has 3 nitrogen and oxygen atoms in total. The monoisotopic (exact) mass is 407 g/mol. The molecule has 0 radical (unpaired) electrons. The van der Waals surface area contributed by atoms with Crippen LogP contribution in [0, 0.1) is 0 Å². The van der Waals surface area contributed by atoms with Gasteiger partial charge in [-0.15, -0.1) is 22.2 Å². The van der Waals surface area contributed by atoms with Gasteiger partial charge in [0, 0.05) is 34.0 Å². The predicted octanol–water partition coefficient (Wildman–Crippen LogP) is 3.20. The summed E-state index contributed by atoms with van der Waals surface area (Å²) in [4.78, 5) is 0. The number of hydrogen-bond donors (Lipinski definition) is 2. The van der Waals surface area contributed by atoms with Crippen LogP contribution in [0.1, 0.15) is 25.7 Å². The van der Waals surface area contributed by atoms with E-state index < -0.39 is 13.8 Å². The zero-order chi connectivity index (χ0) is 11.0. The lowest BCUT2D eigenvalue weighted by molar-refractivity contribution is 0.494. The van der Waals surface area contributed by atoms with E-state index in [9.17, 15) is 0 Å². The van der Waals surface area contributed by atoms with Crippen molar-refractivity contribution < 1.29 is 0 Å². The van der Waals surface area contributed by atoms with Crippen molar-refractivity contribution in [1.29, 1.82) is 0 Å². The van der Waals surface area contributed by atoms with Crippen LogP contribution in [0.4, 0.5) is 0 Å². The van der Waals surface area contributed by atoms with Crippen molar-refractivity contribution >= 4 is 67.8 Å². The van der Waals surface area contributed by atoms with Gasteiger partial charge in [0.25, 0.3) is 0 Å². The van der Waals surface area contributed by atoms with Gasteiger partial charge in [0.05, 0.1) is 0 Å². The smallest absolute Gasteiger partial charge is 0.314 e. The minimum atomic E-state index is -2.94. The van der Waals surface area contributed by atoms with Crippen molar-refractivity contribution in [3.63, 3.8) is 0 Å². The summed E-state index contributed by atoms with van der Waals surface area (Å²) in [5.74, 6) is 0. The highest BCUT2D eigenvalue weighted by molar-refractivity contribution is 14.2. The van der Waals surface area contributed by atoms with Crippen LogP contribution in [0.25, 0.3) is 0 Å². The van der Waals surface area contributed by atoms with E-state index in [1.54, 1.807) is 3.97 Å². The molecule has 1 atom stereocenters. The molecule has 1 aliphatic rings. The first kappa shape index (κ1) is 14.1. The van der Waals surface area contributed by atoms with E-state index in [4.69, 9.17) is 43.4 Å². The normalized spacial score (nSPS) is 26.5. The quantitative estimate of drug-likeness (QED) is 0.428. The molecular formula is C5H13Cl3IN3SSi. The number of halogens is 4. The molecule has 0 aliphatic heterocycles. The molecule has 1 aliphatic carbocycles. The van der Waals surface area contributed by atoms with Gasteiger partial charge in [0.2, 0.25) is 0 Å². The lowest BCUT2D eigenvalue weighted by atomic mass is 10.3. The fourth-order valence-electron chi connectivity index (χ4n) is 1.74. The van der Waals surface area contributed by atoms with E-state index in [0.29, 0.717) is 0 Å². The lowest BCUT2D eigenvalue weighted by Gasteiger charge is -2.43.